The molecule has 0 aliphatic carbocycles. The Balaban J connectivity index is 1.91. The summed E-state index contributed by atoms with van der Waals surface area (Å²) in [6.07, 6.45) is -3.70. The van der Waals surface area contributed by atoms with Crippen molar-refractivity contribution in [3.63, 3.8) is 0 Å². The zero-order chi connectivity index (χ0) is 20.0. The Kier molecular flexibility index (Phi) is 7.49. The number of halogens is 6. The van der Waals surface area contributed by atoms with Crippen molar-refractivity contribution in [1.29, 1.82) is 0 Å². The van der Waals surface area contributed by atoms with E-state index in [1.807, 2.05) is 0 Å². The van der Waals surface area contributed by atoms with Gasteiger partial charge in [0.25, 0.3) is 0 Å². The van der Waals surface area contributed by atoms with Crippen LogP contribution in [0.4, 0.5) is 22.0 Å². The second-order valence-corrected chi connectivity index (χ2v) is 6.47. The lowest BCUT2D eigenvalue weighted by Crippen LogP contribution is -2.45. The Bertz CT molecular complexity index is 656. The van der Waals surface area contributed by atoms with Crippen LogP contribution >= 0.6 is 11.6 Å². The molecule has 0 saturated carbocycles. The van der Waals surface area contributed by atoms with Crippen molar-refractivity contribution in [3.05, 3.63) is 28.8 Å². The number of benzene rings is 1. The molecule has 1 aromatic carbocycles. The van der Waals surface area contributed by atoms with Crippen molar-refractivity contribution < 1.29 is 26.7 Å². The topological polar surface area (TPSA) is 48.9 Å². The summed E-state index contributed by atoms with van der Waals surface area (Å²) in [5.41, 5.74) is 0.399. The maximum absolute atomic E-state index is 12.5. The molecule has 1 aromatic rings. The van der Waals surface area contributed by atoms with Gasteiger partial charge in [0.1, 0.15) is 5.75 Å². The lowest BCUT2D eigenvalue weighted by atomic mass is 10.2. The smallest absolute Gasteiger partial charge is 0.401 e. The number of hydrogen-bond donors (Lipinski definition) is 2. The van der Waals surface area contributed by atoms with Crippen LogP contribution in [-0.4, -0.2) is 56.4 Å². The molecule has 1 unspecified atom stereocenters. The van der Waals surface area contributed by atoms with Gasteiger partial charge in [0.15, 0.2) is 5.96 Å². The summed E-state index contributed by atoms with van der Waals surface area (Å²) < 4.78 is 66.8. The van der Waals surface area contributed by atoms with Crippen LogP contribution in [0.15, 0.2) is 23.2 Å². The summed E-state index contributed by atoms with van der Waals surface area (Å²) >= 11 is 5.89. The molecule has 5 nitrogen and oxygen atoms in total. The van der Waals surface area contributed by atoms with Gasteiger partial charge in [-0.1, -0.05) is 11.6 Å². The molecule has 11 heteroatoms. The van der Waals surface area contributed by atoms with Gasteiger partial charge in [-0.3, -0.25) is 9.89 Å². The molecule has 1 aliphatic heterocycles. The third kappa shape index (κ3) is 7.37. The van der Waals surface area contributed by atoms with Gasteiger partial charge in [0.2, 0.25) is 0 Å². The fourth-order valence-corrected chi connectivity index (χ4v) is 3.01. The molecule has 2 N–H and O–H groups in total. The largest absolute Gasteiger partial charge is 0.434 e. The summed E-state index contributed by atoms with van der Waals surface area (Å²) in [6, 6.07) is 4.06. The van der Waals surface area contributed by atoms with Crippen LogP contribution in [0.1, 0.15) is 12.0 Å². The van der Waals surface area contributed by atoms with E-state index in [4.69, 9.17) is 11.6 Å². The number of alkyl halides is 5. The molecular formula is C16H20ClF5N4O. The van der Waals surface area contributed by atoms with Crippen molar-refractivity contribution in [2.75, 3.05) is 26.7 Å². The zero-order valence-electron chi connectivity index (χ0n) is 14.5. The average Bonchev–Trinajstić information content (AvgIpc) is 2.98. The van der Waals surface area contributed by atoms with Gasteiger partial charge in [-0.15, -0.1) is 0 Å². The summed E-state index contributed by atoms with van der Waals surface area (Å²) in [7, 11) is 1.51. The van der Waals surface area contributed by atoms with Gasteiger partial charge >= 0.3 is 12.8 Å². The Morgan fingerprint density at radius 2 is 2.15 bits per heavy atom. The third-order valence-electron chi connectivity index (χ3n) is 3.92. The lowest BCUT2D eigenvalue weighted by molar-refractivity contribution is -0.143. The first-order valence-corrected chi connectivity index (χ1v) is 8.53. The highest BCUT2D eigenvalue weighted by atomic mass is 35.5. The zero-order valence-corrected chi connectivity index (χ0v) is 15.2. The molecule has 0 radical (unpaired) electrons. The fourth-order valence-electron chi connectivity index (χ4n) is 2.81. The molecule has 1 fully saturated rings. The minimum atomic E-state index is -4.23. The lowest BCUT2D eigenvalue weighted by Gasteiger charge is -2.20. The Hall–Kier alpha value is -1.81. The number of rotatable bonds is 6. The van der Waals surface area contributed by atoms with E-state index >= 15 is 0 Å². The van der Waals surface area contributed by atoms with Crippen LogP contribution in [0.3, 0.4) is 0 Å². The van der Waals surface area contributed by atoms with E-state index in [1.54, 1.807) is 0 Å². The maximum atomic E-state index is 12.5. The predicted molar refractivity (Wildman–Crippen MR) is 92.3 cm³/mol. The van der Waals surface area contributed by atoms with Crippen molar-refractivity contribution >= 4 is 17.6 Å². The minimum Gasteiger partial charge on any atom is -0.434 e. The molecule has 27 heavy (non-hydrogen) atoms. The molecule has 2 rings (SSSR count). The van der Waals surface area contributed by atoms with Crippen molar-refractivity contribution in [1.82, 2.24) is 15.5 Å². The van der Waals surface area contributed by atoms with Crippen LogP contribution < -0.4 is 15.4 Å². The molecular weight excluding hydrogens is 395 g/mol. The van der Waals surface area contributed by atoms with E-state index in [1.165, 1.54) is 30.1 Å². The second-order valence-electron chi connectivity index (χ2n) is 6.04. The Morgan fingerprint density at radius 1 is 1.41 bits per heavy atom. The predicted octanol–water partition coefficient (Wildman–Crippen LogP) is 3.24. The number of likely N-dealkylation sites (tertiary alicyclic amines) is 1. The van der Waals surface area contributed by atoms with Crippen LogP contribution in [-0.2, 0) is 6.54 Å². The summed E-state index contributed by atoms with van der Waals surface area (Å²) in [4.78, 5) is 5.33. The second kappa shape index (κ2) is 9.41. The van der Waals surface area contributed by atoms with Crippen LogP contribution in [0.5, 0.6) is 5.75 Å². The third-order valence-corrected chi connectivity index (χ3v) is 4.16. The molecule has 1 aliphatic rings. The van der Waals surface area contributed by atoms with Gasteiger partial charge in [-0.2, -0.15) is 22.0 Å². The summed E-state index contributed by atoms with van der Waals surface area (Å²) in [5.74, 6) is 0.325. The number of aliphatic imine (C=N–C) groups is 1. The summed E-state index contributed by atoms with van der Waals surface area (Å²) in [6.45, 7) is -3.26. The number of guanidine groups is 1. The number of hydrogen-bond acceptors (Lipinski definition) is 3. The highest BCUT2D eigenvalue weighted by Gasteiger charge is 2.34. The molecule has 0 bridgehead atoms. The first kappa shape index (κ1) is 21.5. The van der Waals surface area contributed by atoms with Gasteiger partial charge < -0.3 is 15.4 Å². The highest BCUT2D eigenvalue weighted by Crippen LogP contribution is 2.24. The van der Waals surface area contributed by atoms with Crippen molar-refractivity contribution in [2.24, 2.45) is 4.99 Å². The normalized spacial score (nSPS) is 18.8. The Labute approximate surface area is 158 Å². The molecule has 1 atom stereocenters. The van der Waals surface area contributed by atoms with Crippen molar-refractivity contribution in [2.45, 2.75) is 31.8 Å². The monoisotopic (exact) mass is 414 g/mol. The molecule has 0 aromatic heterocycles. The highest BCUT2D eigenvalue weighted by molar-refractivity contribution is 6.30. The van der Waals surface area contributed by atoms with E-state index in [0.717, 1.165) is 0 Å². The van der Waals surface area contributed by atoms with Gasteiger partial charge in [0.05, 0.1) is 6.54 Å². The number of ether oxygens (including phenoxy) is 1. The first-order chi connectivity index (χ1) is 12.7. The molecule has 1 heterocycles. The molecule has 1 saturated heterocycles. The number of nitrogens with zero attached hydrogens (tertiary/aromatic N) is 2. The minimum absolute atomic E-state index is 0.0189. The van der Waals surface area contributed by atoms with Gasteiger partial charge in [0, 0.05) is 43.3 Å². The summed E-state index contributed by atoms with van der Waals surface area (Å²) in [5, 5.41) is 6.32. The standard InChI is InChI=1S/C16H20ClF5N4O/c1-23-15(25-12-4-5-26(8-12)9-16(20,21)22)24-7-10-6-11(17)2-3-13(10)27-14(18)19/h2-3,6,12,14H,4-5,7-9H2,1H3,(H2,23,24,25). The van der Waals surface area contributed by atoms with Gasteiger partial charge in [-0.25, -0.2) is 0 Å². The Morgan fingerprint density at radius 3 is 2.78 bits per heavy atom. The van der Waals surface area contributed by atoms with Crippen molar-refractivity contribution in [3.8, 4) is 5.75 Å². The maximum Gasteiger partial charge on any atom is 0.401 e. The van der Waals surface area contributed by atoms with E-state index in [2.05, 4.69) is 20.4 Å². The first-order valence-electron chi connectivity index (χ1n) is 8.16. The molecule has 0 spiro atoms. The van der Waals surface area contributed by atoms with E-state index in [9.17, 15) is 22.0 Å². The van der Waals surface area contributed by atoms with Crippen LogP contribution in [0, 0.1) is 0 Å². The molecule has 0 amide bonds. The SMILES string of the molecule is CN=C(NCc1cc(Cl)ccc1OC(F)F)NC1CCN(CC(F)(F)F)C1. The number of nitrogens with one attached hydrogen (secondary N) is 2. The van der Waals surface area contributed by atoms with E-state index in [-0.39, 0.29) is 24.9 Å². The quantitative estimate of drug-likeness (QED) is 0.426. The average molecular weight is 415 g/mol. The molecule has 152 valence electrons. The van der Waals surface area contributed by atoms with E-state index < -0.39 is 19.3 Å². The van der Waals surface area contributed by atoms with E-state index in [0.29, 0.717) is 29.5 Å². The van der Waals surface area contributed by atoms with Crippen LogP contribution in [0.25, 0.3) is 0 Å². The van der Waals surface area contributed by atoms with Gasteiger partial charge in [-0.05, 0) is 24.6 Å². The fraction of sp³-hybridized carbons (Fsp3) is 0.562. The van der Waals surface area contributed by atoms with Crippen LogP contribution in [0.2, 0.25) is 5.02 Å².